The smallest absolute Gasteiger partial charge is 0.198 e. The molecule has 1 aliphatic carbocycles. The standard InChI is InChI=1S/C15H10O4/c16-7-8-4-5-9-11(6-8)14(18)10-2-1-3-12(17)13(10)15(9)19/h1-6,16-17H,7H2. The predicted octanol–water partition coefficient (Wildman–Crippen LogP) is 1.66. The lowest BCUT2D eigenvalue weighted by molar-refractivity contribution is 0.0976. The fourth-order valence-corrected chi connectivity index (χ4v) is 2.32. The van der Waals surface area contributed by atoms with Crippen molar-refractivity contribution in [2.75, 3.05) is 0 Å². The molecule has 0 amide bonds. The van der Waals surface area contributed by atoms with Crippen LogP contribution in [-0.2, 0) is 6.61 Å². The summed E-state index contributed by atoms with van der Waals surface area (Å²) in [6.45, 7) is -0.193. The van der Waals surface area contributed by atoms with Gasteiger partial charge in [0.2, 0.25) is 0 Å². The third-order valence-corrected chi connectivity index (χ3v) is 3.27. The monoisotopic (exact) mass is 254 g/mol. The topological polar surface area (TPSA) is 74.6 Å². The van der Waals surface area contributed by atoms with Crippen molar-refractivity contribution in [1.82, 2.24) is 0 Å². The van der Waals surface area contributed by atoms with E-state index in [1.165, 1.54) is 30.3 Å². The average molecular weight is 254 g/mol. The first kappa shape index (κ1) is 11.6. The van der Waals surface area contributed by atoms with Crippen LogP contribution >= 0.6 is 0 Å². The Hall–Kier alpha value is -2.46. The van der Waals surface area contributed by atoms with Gasteiger partial charge in [0.15, 0.2) is 11.6 Å². The normalized spacial score (nSPS) is 13.1. The molecule has 0 bridgehead atoms. The molecule has 0 saturated carbocycles. The first-order valence-electron chi connectivity index (χ1n) is 5.78. The van der Waals surface area contributed by atoms with E-state index in [9.17, 15) is 14.7 Å². The van der Waals surface area contributed by atoms with Crippen LogP contribution in [0.1, 0.15) is 37.4 Å². The Morgan fingerprint density at radius 2 is 1.68 bits per heavy atom. The van der Waals surface area contributed by atoms with Crippen LogP contribution in [0, 0.1) is 0 Å². The molecular weight excluding hydrogens is 244 g/mol. The van der Waals surface area contributed by atoms with Crippen molar-refractivity contribution < 1.29 is 19.8 Å². The molecule has 0 fully saturated rings. The van der Waals surface area contributed by atoms with Gasteiger partial charge >= 0.3 is 0 Å². The van der Waals surface area contributed by atoms with Gasteiger partial charge in [-0.1, -0.05) is 18.2 Å². The number of aliphatic hydroxyl groups excluding tert-OH is 1. The zero-order chi connectivity index (χ0) is 13.6. The minimum atomic E-state index is -0.368. The van der Waals surface area contributed by atoms with Gasteiger partial charge in [-0.3, -0.25) is 9.59 Å². The van der Waals surface area contributed by atoms with E-state index in [-0.39, 0.29) is 46.2 Å². The van der Waals surface area contributed by atoms with Crippen LogP contribution in [0.15, 0.2) is 36.4 Å². The molecule has 0 aliphatic heterocycles. The molecule has 0 aromatic heterocycles. The highest BCUT2D eigenvalue weighted by molar-refractivity contribution is 6.29. The number of hydrogen-bond donors (Lipinski definition) is 2. The maximum Gasteiger partial charge on any atom is 0.198 e. The number of carbonyl (C=O) groups is 2. The number of fused-ring (bicyclic) bond motifs is 2. The molecule has 0 spiro atoms. The summed E-state index contributed by atoms with van der Waals surface area (Å²) < 4.78 is 0. The number of aliphatic hydroxyl groups is 1. The van der Waals surface area contributed by atoms with Gasteiger partial charge in [-0.15, -0.1) is 0 Å². The van der Waals surface area contributed by atoms with E-state index in [1.807, 2.05) is 0 Å². The third-order valence-electron chi connectivity index (χ3n) is 3.27. The molecule has 2 aromatic carbocycles. The number of phenols is 1. The second kappa shape index (κ2) is 4.03. The van der Waals surface area contributed by atoms with Crippen molar-refractivity contribution in [1.29, 1.82) is 0 Å². The number of carbonyl (C=O) groups excluding carboxylic acids is 2. The van der Waals surface area contributed by atoms with Crippen LogP contribution in [0.2, 0.25) is 0 Å². The minimum absolute atomic E-state index is 0.0525. The summed E-state index contributed by atoms with van der Waals surface area (Å²) in [7, 11) is 0. The minimum Gasteiger partial charge on any atom is -0.507 e. The second-order valence-corrected chi connectivity index (χ2v) is 4.40. The fraction of sp³-hybridized carbons (Fsp3) is 0.0667. The second-order valence-electron chi connectivity index (χ2n) is 4.40. The first-order valence-corrected chi connectivity index (χ1v) is 5.78. The Bertz CT molecular complexity index is 716. The number of hydrogen-bond acceptors (Lipinski definition) is 4. The summed E-state index contributed by atoms with van der Waals surface area (Å²) in [5, 5.41) is 18.9. The Kier molecular flexibility index (Phi) is 2.47. The van der Waals surface area contributed by atoms with Crippen LogP contribution in [0.5, 0.6) is 5.75 Å². The van der Waals surface area contributed by atoms with E-state index >= 15 is 0 Å². The molecule has 2 aromatic rings. The van der Waals surface area contributed by atoms with Gasteiger partial charge in [0.25, 0.3) is 0 Å². The van der Waals surface area contributed by atoms with Gasteiger partial charge in [0.1, 0.15) is 5.75 Å². The van der Waals surface area contributed by atoms with Crippen LogP contribution in [0.4, 0.5) is 0 Å². The van der Waals surface area contributed by atoms with Crippen molar-refractivity contribution in [3.05, 3.63) is 64.2 Å². The van der Waals surface area contributed by atoms with E-state index in [1.54, 1.807) is 6.07 Å². The van der Waals surface area contributed by atoms with E-state index in [4.69, 9.17) is 5.11 Å². The van der Waals surface area contributed by atoms with Crippen molar-refractivity contribution in [3.8, 4) is 5.75 Å². The van der Waals surface area contributed by atoms with Crippen molar-refractivity contribution >= 4 is 11.6 Å². The zero-order valence-corrected chi connectivity index (χ0v) is 9.88. The van der Waals surface area contributed by atoms with E-state index in [0.29, 0.717) is 5.56 Å². The molecule has 19 heavy (non-hydrogen) atoms. The van der Waals surface area contributed by atoms with Gasteiger partial charge in [-0.2, -0.15) is 0 Å². The van der Waals surface area contributed by atoms with Crippen molar-refractivity contribution in [3.63, 3.8) is 0 Å². The Morgan fingerprint density at radius 1 is 0.895 bits per heavy atom. The van der Waals surface area contributed by atoms with Crippen LogP contribution in [0.3, 0.4) is 0 Å². The lowest BCUT2D eigenvalue weighted by atomic mass is 9.83. The molecule has 3 rings (SSSR count). The first-order chi connectivity index (χ1) is 9.13. The molecule has 4 nitrogen and oxygen atoms in total. The summed E-state index contributed by atoms with van der Waals surface area (Å²) in [5.74, 6) is -0.865. The number of aromatic hydroxyl groups is 1. The number of phenolic OH excluding ortho intramolecular Hbond substituents is 1. The van der Waals surface area contributed by atoms with Crippen LogP contribution in [0.25, 0.3) is 0 Å². The Labute approximate surface area is 108 Å². The van der Waals surface area contributed by atoms with Gasteiger partial charge in [-0.25, -0.2) is 0 Å². The molecule has 2 N–H and O–H groups in total. The van der Waals surface area contributed by atoms with Gasteiger partial charge in [0.05, 0.1) is 12.2 Å². The maximum atomic E-state index is 12.3. The summed E-state index contributed by atoms with van der Waals surface area (Å²) in [5.41, 5.74) is 1.36. The highest BCUT2D eigenvalue weighted by Gasteiger charge is 2.31. The Morgan fingerprint density at radius 3 is 2.42 bits per heavy atom. The number of benzene rings is 2. The quantitative estimate of drug-likeness (QED) is 0.692. The van der Waals surface area contributed by atoms with Crippen LogP contribution < -0.4 is 0 Å². The Balaban J connectivity index is 2.29. The SMILES string of the molecule is O=C1c2cc(CO)ccc2C(=O)c2c(O)cccc21. The lowest BCUT2D eigenvalue weighted by Crippen LogP contribution is -2.21. The van der Waals surface area contributed by atoms with Gasteiger partial charge in [0, 0.05) is 16.7 Å². The molecule has 94 valence electrons. The largest absolute Gasteiger partial charge is 0.507 e. The van der Waals surface area contributed by atoms with Crippen molar-refractivity contribution in [2.24, 2.45) is 0 Å². The van der Waals surface area contributed by atoms with E-state index in [0.717, 1.165) is 0 Å². The molecule has 1 aliphatic rings. The highest BCUT2D eigenvalue weighted by atomic mass is 16.3. The summed E-state index contributed by atoms with van der Waals surface area (Å²) in [4.78, 5) is 24.6. The molecule has 0 heterocycles. The summed E-state index contributed by atoms with van der Waals surface area (Å²) in [6.07, 6.45) is 0. The molecule has 0 radical (unpaired) electrons. The highest BCUT2D eigenvalue weighted by Crippen LogP contribution is 2.32. The predicted molar refractivity (Wildman–Crippen MR) is 67.3 cm³/mol. The van der Waals surface area contributed by atoms with Gasteiger partial charge < -0.3 is 10.2 Å². The summed E-state index contributed by atoms with van der Waals surface area (Å²) in [6, 6.07) is 9.05. The molecule has 0 atom stereocenters. The zero-order valence-electron chi connectivity index (χ0n) is 9.88. The van der Waals surface area contributed by atoms with E-state index < -0.39 is 0 Å². The number of ketones is 2. The fourth-order valence-electron chi connectivity index (χ4n) is 2.32. The van der Waals surface area contributed by atoms with Crippen LogP contribution in [-0.4, -0.2) is 21.8 Å². The molecule has 0 unspecified atom stereocenters. The molecule has 0 saturated heterocycles. The lowest BCUT2D eigenvalue weighted by Gasteiger charge is -2.18. The number of rotatable bonds is 1. The molecule has 4 heteroatoms. The van der Waals surface area contributed by atoms with E-state index in [2.05, 4.69) is 0 Å². The third kappa shape index (κ3) is 1.57. The van der Waals surface area contributed by atoms with Crippen molar-refractivity contribution in [2.45, 2.75) is 6.61 Å². The molecular formula is C15H10O4. The summed E-state index contributed by atoms with van der Waals surface area (Å²) >= 11 is 0. The van der Waals surface area contributed by atoms with Gasteiger partial charge in [-0.05, 0) is 23.8 Å². The average Bonchev–Trinajstić information content (AvgIpc) is 2.44. The maximum absolute atomic E-state index is 12.3.